The third-order valence-corrected chi connectivity index (χ3v) is 4.62. The molecule has 0 saturated carbocycles. The van der Waals surface area contributed by atoms with E-state index >= 15 is 0 Å². The Hall–Kier alpha value is -1.33. The normalized spacial score (nSPS) is 17.1. The quantitative estimate of drug-likeness (QED) is 0.620. The largest absolute Gasteiger partial charge is 0.352 e. The first kappa shape index (κ1) is 16.0. The van der Waals surface area contributed by atoms with E-state index in [2.05, 4.69) is 21.8 Å². The maximum absolute atomic E-state index is 12.3. The Kier molecular flexibility index (Phi) is 6.76. The summed E-state index contributed by atoms with van der Waals surface area (Å²) in [5.74, 6) is 0.0659. The predicted molar refractivity (Wildman–Crippen MR) is 87.4 cm³/mol. The Balaban J connectivity index is 1.98. The van der Waals surface area contributed by atoms with Crippen LogP contribution in [0.15, 0.2) is 42.1 Å². The Morgan fingerprint density at radius 1 is 1.43 bits per heavy atom. The topological polar surface area (TPSA) is 45.2 Å². The lowest BCUT2D eigenvalue weighted by Gasteiger charge is -2.29. The average Bonchev–Trinajstić information content (AvgIpc) is 2.54. The van der Waals surface area contributed by atoms with Gasteiger partial charge in [-0.25, -0.2) is 4.98 Å². The van der Waals surface area contributed by atoms with Gasteiger partial charge in [0.05, 0.1) is 5.03 Å². The minimum Gasteiger partial charge on any atom is -0.352 e. The van der Waals surface area contributed by atoms with E-state index < -0.39 is 0 Å². The maximum atomic E-state index is 12.3. The number of nitrogens with one attached hydrogen (secondary N) is 1. The SMILES string of the molecule is C=CCNC(=O)C(CN1CCCCC1)Sc1ccccn1. The summed E-state index contributed by atoms with van der Waals surface area (Å²) in [5.41, 5.74) is 0. The molecule has 1 aromatic heterocycles. The number of rotatable bonds is 7. The lowest BCUT2D eigenvalue weighted by atomic mass is 10.1. The van der Waals surface area contributed by atoms with Gasteiger partial charge in [-0.15, -0.1) is 6.58 Å². The van der Waals surface area contributed by atoms with Gasteiger partial charge >= 0.3 is 0 Å². The van der Waals surface area contributed by atoms with Gasteiger partial charge in [-0.2, -0.15) is 0 Å². The number of piperidine rings is 1. The predicted octanol–water partition coefficient (Wildman–Crippen LogP) is 2.33. The number of likely N-dealkylation sites (tertiary alicyclic amines) is 1. The first-order valence-electron chi connectivity index (χ1n) is 7.48. The zero-order valence-corrected chi connectivity index (χ0v) is 13.1. The molecule has 4 nitrogen and oxygen atoms in total. The van der Waals surface area contributed by atoms with E-state index in [4.69, 9.17) is 0 Å². The molecular weight excluding hydrogens is 282 g/mol. The van der Waals surface area contributed by atoms with Crippen molar-refractivity contribution in [3.8, 4) is 0 Å². The Bertz CT molecular complexity index is 446. The third-order valence-electron chi connectivity index (χ3n) is 3.49. The van der Waals surface area contributed by atoms with Crippen LogP contribution in [0.5, 0.6) is 0 Å². The van der Waals surface area contributed by atoms with Gasteiger partial charge in [-0.05, 0) is 38.1 Å². The van der Waals surface area contributed by atoms with E-state index in [-0.39, 0.29) is 11.2 Å². The summed E-state index contributed by atoms with van der Waals surface area (Å²) >= 11 is 1.54. The minimum atomic E-state index is -0.127. The Morgan fingerprint density at radius 3 is 2.90 bits per heavy atom. The minimum absolute atomic E-state index is 0.0659. The first-order chi connectivity index (χ1) is 10.3. The Labute approximate surface area is 131 Å². The van der Waals surface area contributed by atoms with Crippen LogP contribution in [0.3, 0.4) is 0 Å². The van der Waals surface area contributed by atoms with Gasteiger partial charge < -0.3 is 10.2 Å². The lowest BCUT2D eigenvalue weighted by molar-refractivity contribution is -0.120. The van der Waals surface area contributed by atoms with Gasteiger partial charge in [0.15, 0.2) is 0 Å². The lowest BCUT2D eigenvalue weighted by Crippen LogP contribution is -2.42. The van der Waals surface area contributed by atoms with Crippen LogP contribution in [0, 0.1) is 0 Å². The second-order valence-corrected chi connectivity index (χ2v) is 6.39. The Morgan fingerprint density at radius 2 is 2.24 bits per heavy atom. The van der Waals surface area contributed by atoms with Gasteiger partial charge in [0.1, 0.15) is 5.25 Å². The van der Waals surface area contributed by atoms with Crippen molar-refractivity contribution < 1.29 is 4.79 Å². The van der Waals surface area contributed by atoms with Crippen molar-refractivity contribution in [2.75, 3.05) is 26.2 Å². The van der Waals surface area contributed by atoms with Crippen molar-refractivity contribution >= 4 is 17.7 Å². The zero-order valence-electron chi connectivity index (χ0n) is 12.3. The number of aromatic nitrogens is 1. The van der Waals surface area contributed by atoms with Crippen LogP contribution in [-0.2, 0) is 4.79 Å². The van der Waals surface area contributed by atoms with Crippen LogP contribution in [0.1, 0.15) is 19.3 Å². The molecule has 1 aromatic rings. The summed E-state index contributed by atoms with van der Waals surface area (Å²) in [6.07, 6.45) is 7.24. The number of carbonyl (C=O) groups excluding carboxylic acids is 1. The van der Waals surface area contributed by atoms with Gasteiger partial charge in [-0.1, -0.05) is 30.3 Å². The number of amides is 1. The number of hydrogen-bond donors (Lipinski definition) is 1. The van der Waals surface area contributed by atoms with E-state index in [1.807, 2.05) is 18.2 Å². The second kappa shape index (κ2) is 8.85. The molecule has 1 unspecified atom stereocenters. The highest BCUT2D eigenvalue weighted by Gasteiger charge is 2.24. The fourth-order valence-electron chi connectivity index (χ4n) is 2.40. The number of thioether (sulfide) groups is 1. The van der Waals surface area contributed by atoms with Gasteiger partial charge in [0.2, 0.25) is 5.91 Å². The molecule has 21 heavy (non-hydrogen) atoms. The molecule has 1 aliphatic rings. The van der Waals surface area contributed by atoms with Crippen LogP contribution in [0.25, 0.3) is 0 Å². The van der Waals surface area contributed by atoms with Crippen LogP contribution < -0.4 is 5.32 Å². The highest BCUT2D eigenvalue weighted by atomic mass is 32.2. The average molecular weight is 305 g/mol. The standard InChI is InChI=1S/C16H23N3OS/c1-2-9-18-16(20)14(13-19-11-6-3-7-12-19)21-15-8-4-5-10-17-15/h2,4-5,8,10,14H,1,3,6-7,9,11-13H2,(H,18,20). The van der Waals surface area contributed by atoms with Crippen LogP contribution in [-0.4, -0.2) is 47.2 Å². The van der Waals surface area contributed by atoms with Crippen LogP contribution >= 0.6 is 11.8 Å². The van der Waals surface area contributed by atoms with E-state index in [0.717, 1.165) is 24.7 Å². The highest BCUT2D eigenvalue weighted by molar-refractivity contribution is 8.00. The molecule has 0 radical (unpaired) electrons. The summed E-state index contributed by atoms with van der Waals surface area (Å²) in [6, 6.07) is 5.80. The van der Waals surface area contributed by atoms with Gasteiger partial charge in [-0.3, -0.25) is 4.79 Å². The summed E-state index contributed by atoms with van der Waals surface area (Å²) in [7, 11) is 0. The molecule has 1 aliphatic heterocycles. The van der Waals surface area contributed by atoms with Crippen molar-refractivity contribution in [2.45, 2.75) is 29.5 Å². The van der Waals surface area contributed by atoms with Crippen molar-refractivity contribution in [2.24, 2.45) is 0 Å². The third kappa shape index (κ3) is 5.52. The highest BCUT2D eigenvalue weighted by Crippen LogP contribution is 2.23. The summed E-state index contributed by atoms with van der Waals surface area (Å²) in [5, 5.41) is 3.68. The number of hydrogen-bond acceptors (Lipinski definition) is 4. The van der Waals surface area contributed by atoms with E-state index in [1.54, 1.807) is 24.0 Å². The number of carbonyl (C=O) groups is 1. The number of pyridine rings is 1. The molecule has 0 aliphatic carbocycles. The second-order valence-electron chi connectivity index (χ2n) is 5.17. The maximum Gasteiger partial charge on any atom is 0.235 e. The molecule has 5 heteroatoms. The molecule has 2 heterocycles. The molecule has 0 aromatic carbocycles. The van der Waals surface area contributed by atoms with Crippen molar-refractivity contribution in [3.63, 3.8) is 0 Å². The fourth-order valence-corrected chi connectivity index (χ4v) is 3.45. The number of nitrogens with zero attached hydrogens (tertiary/aromatic N) is 2. The van der Waals surface area contributed by atoms with Crippen molar-refractivity contribution in [1.29, 1.82) is 0 Å². The molecule has 1 amide bonds. The van der Waals surface area contributed by atoms with Gasteiger partial charge in [0.25, 0.3) is 0 Å². The van der Waals surface area contributed by atoms with Crippen molar-refractivity contribution in [3.05, 3.63) is 37.1 Å². The molecule has 1 fully saturated rings. The van der Waals surface area contributed by atoms with Crippen LogP contribution in [0.2, 0.25) is 0 Å². The molecule has 114 valence electrons. The van der Waals surface area contributed by atoms with Gasteiger partial charge in [0, 0.05) is 19.3 Å². The first-order valence-corrected chi connectivity index (χ1v) is 8.36. The van der Waals surface area contributed by atoms with E-state index in [9.17, 15) is 4.79 Å². The molecule has 2 rings (SSSR count). The molecule has 0 bridgehead atoms. The molecule has 1 N–H and O–H groups in total. The summed E-state index contributed by atoms with van der Waals surface area (Å²) < 4.78 is 0. The molecule has 1 saturated heterocycles. The van der Waals surface area contributed by atoms with Crippen molar-refractivity contribution in [1.82, 2.24) is 15.2 Å². The molecular formula is C16H23N3OS. The summed E-state index contributed by atoms with van der Waals surface area (Å²) in [6.45, 7) is 7.12. The van der Waals surface area contributed by atoms with E-state index in [0.29, 0.717) is 6.54 Å². The van der Waals surface area contributed by atoms with Crippen LogP contribution in [0.4, 0.5) is 0 Å². The molecule has 0 spiro atoms. The van der Waals surface area contributed by atoms with E-state index in [1.165, 1.54) is 19.3 Å². The summed E-state index contributed by atoms with van der Waals surface area (Å²) in [4.78, 5) is 19.1. The zero-order chi connectivity index (χ0) is 14.9. The fraction of sp³-hybridized carbons (Fsp3) is 0.500. The smallest absolute Gasteiger partial charge is 0.235 e. The monoisotopic (exact) mass is 305 g/mol. The molecule has 1 atom stereocenters.